The second-order valence-corrected chi connectivity index (χ2v) is 5.68. The number of halogens is 3. The first-order valence-corrected chi connectivity index (χ1v) is 6.98. The van der Waals surface area contributed by atoms with Crippen LogP contribution in [-0.4, -0.2) is 31.1 Å². The average molecular weight is 286 g/mol. The monoisotopic (exact) mass is 286 g/mol. The molecule has 0 aromatic heterocycles. The van der Waals surface area contributed by atoms with E-state index in [1.165, 1.54) is 12.1 Å². The minimum Gasteiger partial charge on any atom is -0.382 e. The number of nitrogens with zero attached hydrogens (tertiary/aromatic N) is 1. The molecule has 0 radical (unpaired) electrons. The van der Waals surface area contributed by atoms with Crippen molar-refractivity contribution in [3.63, 3.8) is 0 Å². The van der Waals surface area contributed by atoms with Gasteiger partial charge in [0.2, 0.25) is 0 Å². The second-order valence-electron chi connectivity index (χ2n) is 5.68. The van der Waals surface area contributed by atoms with Gasteiger partial charge in [0.1, 0.15) is 0 Å². The van der Waals surface area contributed by atoms with Crippen LogP contribution in [0.15, 0.2) is 24.3 Å². The van der Waals surface area contributed by atoms with E-state index in [1.54, 1.807) is 6.07 Å². The van der Waals surface area contributed by atoms with Crippen molar-refractivity contribution in [2.75, 3.05) is 25.5 Å². The molecule has 2 atom stereocenters. The molecule has 0 bridgehead atoms. The third kappa shape index (κ3) is 3.88. The van der Waals surface area contributed by atoms with E-state index < -0.39 is 11.7 Å². The fraction of sp³-hybridized carbons (Fsp3) is 0.600. The number of piperidine rings is 1. The van der Waals surface area contributed by atoms with Crippen molar-refractivity contribution in [1.29, 1.82) is 0 Å². The molecule has 1 aliphatic rings. The Morgan fingerprint density at radius 2 is 2.10 bits per heavy atom. The number of alkyl halides is 3. The minimum atomic E-state index is -4.29. The summed E-state index contributed by atoms with van der Waals surface area (Å²) in [5, 5.41) is 3.22. The number of nitrogens with one attached hydrogen (secondary N) is 1. The van der Waals surface area contributed by atoms with Crippen molar-refractivity contribution in [1.82, 2.24) is 4.90 Å². The Bertz CT molecular complexity index is 445. The third-order valence-corrected chi connectivity index (χ3v) is 3.95. The molecule has 0 aliphatic carbocycles. The third-order valence-electron chi connectivity index (χ3n) is 3.95. The van der Waals surface area contributed by atoms with Crippen LogP contribution in [0.25, 0.3) is 0 Å². The Morgan fingerprint density at radius 3 is 2.75 bits per heavy atom. The van der Waals surface area contributed by atoms with Gasteiger partial charge in [-0.1, -0.05) is 6.07 Å². The zero-order valence-corrected chi connectivity index (χ0v) is 11.9. The molecule has 1 fully saturated rings. The molecule has 2 rings (SSSR count). The summed E-state index contributed by atoms with van der Waals surface area (Å²) in [5.74, 6) is 0.475. The van der Waals surface area contributed by atoms with Crippen molar-refractivity contribution < 1.29 is 13.2 Å². The highest BCUT2D eigenvalue weighted by Crippen LogP contribution is 2.31. The Hall–Kier alpha value is -1.23. The summed E-state index contributed by atoms with van der Waals surface area (Å²) < 4.78 is 38.0. The van der Waals surface area contributed by atoms with E-state index in [2.05, 4.69) is 17.3 Å². The summed E-state index contributed by atoms with van der Waals surface area (Å²) in [6.07, 6.45) is -2.01. The topological polar surface area (TPSA) is 15.3 Å². The highest BCUT2D eigenvalue weighted by molar-refractivity contribution is 5.47. The van der Waals surface area contributed by atoms with Crippen LogP contribution in [-0.2, 0) is 6.18 Å². The maximum Gasteiger partial charge on any atom is 0.416 e. The fourth-order valence-electron chi connectivity index (χ4n) is 2.78. The zero-order valence-electron chi connectivity index (χ0n) is 11.9. The molecule has 1 aromatic rings. The van der Waals surface area contributed by atoms with Gasteiger partial charge in [-0.25, -0.2) is 0 Å². The standard InChI is InChI=1S/C15H21F3N2/c1-11(12-5-4-8-20(2)10-12)19-14-7-3-6-13(9-14)15(16,17)18/h3,6-7,9,11-12,19H,4-5,8,10H2,1-2H3. The molecule has 1 saturated heterocycles. The van der Waals surface area contributed by atoms with E-state index >= 15 is 0 Å². The molecule has 1 aromatic carbocycles. The minimum absolute atomic E-state index is 0.168. The van der Waals surface area contributed by atoms with Crippen LogP contribution in [0, 0.1) is 5.92 Å². The molecule has 2 unspecified atom stereocenters. The molecule has 1 heterocycles. The van der Waals surface area contributed by atoms with E-state index in [9.17, 15) is 13.2 Å². The Labute approximate surface area is 118 Å². The predicted octanol–water partition coefficient (Wildman–Crippen LogP) is 3.85. The first-order chi connectivity index (χ1) is 9.36. The van der Waals surface area contributed by atoms with Gasteiger partial charge in [0.25, 0.3) is 0 Å². The van der Waals surface area contributed by atoms with E-state index in [4.69, 9.17) is 0 Å². The van der Waals surface area contributed by atoms with Gasteiger partial charge in [-0.05, 0) is 57.5 Å². The zero-order chi connectivity index (χ0) is 14.8. The maximum absolute atomic E-state index is 12.7. The molecule has 0 amide bonds. The van der Waals surface area contributed by atoms with Crippen LogP contribution < -0.4 is 5.32 Å². The molecule has 2 nitrogen and oxygen atoms in total. The van der Waals surface area contributed by atoms with E-state index in [0.717, 1.165) is 32.0 Å². The highest BCUT2D eigenvalue weighted by atomic mass is 19.4. The number of benzene rings is 1. The van der Waals surface area contributed by atoms with Gasteiger partial charge < -0.3 is 10.2 Å². The van der Waals surface area contributed by atoms with Crippen LogP contribution in [0.4, 0.5) is 18.9 Å². The SMILES string of the molecule is CC(Nc1cccc(C(F)(F)F)c1)C1CCCN(C)C1. The van der Waals surface area contributed by atoms with Gasteiger partial charge in [-0.15, -0.1) is 0 Å². The summed E-state index contributed by atoms with van der Waals surface area (Å²) in [7, 11) is 2.09. The predicted molar refractivity (Wildman–Crippen MR) is 74.7 cm³/mol. The number of hydrogen-bond donors (Lipinski definition) is 1. The number of likely N-dealkylation sites (tertiary alicyclic amines) is 1. The van der Waals surface area contributed by atoms with Crippen molar-refractivity contribution in [3.8, 4) is 0 Å². The van der Waals surface area contributed by atoms with E-state index in [-0.39, 0.29) is 6.04 Å². The molecule has 5 heteroatoms. The van der Waals surface area contributed by atoms with Gasteiger partial charge in [0.05, 0.1) is 5.56 Å². The Kier molecular flexibility index (Phi) is 4.58. The largest absolute Gasteiger partial charge is 0.416 e. The van der Waals surface area contributed by atoms with Crippen molar-refractivity contribution >= 4 is 5.69 Å². The van der Waals surface area contributed by atoms with Crippen LogP contribution in [0.3, 0.4) is 0 Å². The lowest BCUT2D eigenvalue weighted by molar-refractivity contribution is -0.137. The summed E-state index contributed by atoms with van der Waals surface area (Å²) in [6.45, 7) is 4.14. The van der Waals surface area contributed by atoms with Gasteiger partial charge in [-0.3, -0.25) is 0 Å². The lowest BCUT2D eigenvalue weighted by atomic mass is 9.91. The van der Waals surface area contributed by atoms with Crippen molar-refractivity contribution in [2.45, 2.75) is 32.0 Å². The lowest BCUT2D eigenvalue weighted by Gasteiger charge is -2.34. The molecule has 112 valence electrons. The fourth-order valence-corrected chi connectivity index (χ4v) is 2.78. The molecule has 20 heavy (non-hydrogen) atoms. The molecular formula is C15H21F3N2. The summed E-state index contributed by atoms with van der Waals surface area (Å²) >= 11 is 0. The quantitative estimate of drug-likeness (QED) is 0.908. The number of hydrogen-bond acceptors (Lipinski definition) is 2. The molecule has 1 aliphatic heterocycles. The summed E-state index contributed by atoms with van der Waals surface area (Å²) in [4.78, 5) is 2.28. The molecule has 0 saturated carbocycles. The first-order valence-electron chi connectivity index (χ1n) is 6.98. The normalized spacial score (nSPS) is 22.6. The van der Waals surface area contributed by atoms with Gasteiger partial charge in [0, 0.05) is 18.3 Å². The van der Waals surface area contributed by atoms with Crippen LogP contribution in [0.5, 0.6) is 0 Å². The Balaban J connectivity index is 2.02. The maximum atomic E-state index is 12.7. The molecular weight excluding hydrogens is 265 g/mol. The molecule has 1 N–H and O–H groups in total. The second kappa shape index (κ2) is 6.04. The van der Waals surface area contributed by atoms with Crippen molar-refractivity contribution in [3.05, 3.63) is 29.8 Å². The van der Waals surface area contributed by atoms with E-state index in [0.29, 0.717) is 11.6 Å². The number of rotatable bonds is 3. The van der Waals surface area contributed by atoms with Crippen LogP contribution in [0.1, 0.15) is 25.3 Å². The van der Waals surface area contributed by atoms with Gasteiger partial charge >= 0.3 is 6.18 Å². The summed E-state index contributed by atoms with van der Waals surface area (Å²) in [5.41, 5.74) is -0.0592. The van der Waals surface area contributed by atoms with Crippen molar-refractivity contribution in [2.24, 2.45) is 5.92 Å². The first kappa shape index (κ1) is 15.2. The smallest absolute Gasteiger partial charge is 0.382 e. The van der Waals surface area contributed by atoms with Gasteiger partial charge in [-0.2, -0.15) is 13.2 Å². The molecule has 0 spiro atoms. The average Bonchev–Trinajstić information content (AvgIpc) is 2.38. The van der Waals surface area contributed by atoms with Crippen LogP contribution in [0.2, 0.25) is 0 Å². The highest BCUT2D eigenvalue weighted by Gasteiger charge is 2.30. The summed E-state index contributed by atoms with van der Waals surface area (Å²) in [6, 6.07) is 5.59. The Morgan fingerprint density at radius 1 is 1.35 bits per heavy atom. The van der Waals surface area contributed by atoms with E-state index in [1.807, 2.05) is 6.92 Å². The number of anilines is 1. The lowest BCUT2D eigenvalue weighted by Crippen LogP contribution is -2.39. The van der Waals surface area contributed by atoms with Gasteiger partial charge in [0.15, 0.2) is 0 Å². The van der Waals surface area contributed by atoms with Crippen LogP contribution >= 0.6 is 0 Å².